The van der Waals surface area contributed by atoms with Gasteiger partial charge in [-0.15, -0.1) is 0 Å². The van der Waals surface area contributed by atoms with E-state index in [1.165, 1.54) is 25.7 Å². The molecule has 0 spiro atoms. The lowest BCUT2D eigenvalue weighted by Gasteiger charge is -2.19. The van der Waals surface area contributed by atoms with E-state index in [1.54, 1.807) is 19.0 Å². The van der Waals surface area contributed by atoms with Crippen LogP contribution in [-0.4, -0.2) is 43.4 Å². The van der Waals surface area contributed by atoms with Crippen molar-refractivity contribution in [3.8, 4) is 0 Å². The van der Waals surface area contributed by atoms with Gasteiger partial charge in [-0.25, -0.2) is 4.99 Å². The minimum atomic E-state index is 0.0322. The van der Waals surface area contributed by atoms with Crippen LogP contribution in [0.3, 0.4) is 0 Å². The summed E-state index contributed by atoms with van der Waals surface area (Å²) in [5.74, 6) is 0.729. The summed E-state index contributed by atoms with van der Waals surface area (Å²) in [6, 6.07) is 10.5. The van der Waals surface area contributed by atoms with Crippen LogP contribution in [0.15, 0.2) is 35.3 Å². The summed E-state index contributed by atoms with van der Waals surface area (Å²) < 4.78 is 0. The molecule has 0 aromatic heterocycles. The van der Waals surface area contributed by atoms with Gasteiger partial charge in [-0.05, 0) is 18.9 Å². The minimum Gasteiger partial charge on any atom is -0.354 e. The lowest BCUT2D eigenvalue weighted by molar-refractivity contribution is -0.127. The van der Waals surface area contributed by atoms with E-state index in [-0.39, 0.29) is 12.5 Å². The number of guanidine groups is 1. The van der Waals surface area contributed by atoms with Gasteiger partial charge >= 0.3 is 0 Å². The number of hydrogen-bond acceptors (Lipinski definition) is 2. The van der Waals surface area contributed by atoms with Crippen LogP contribution in [-0.2, 0) is 11.3 Å². The third-order valence-corrected chi connectivity index (χ3v) is 4.04. The molecule has 0 saturated heterocycles. The molecule has 0 aliphatic carbocycles. The highest BCUT2D eigenvalue weighted by Crippen LogP contribution is 2.05. The summed E-state index contributed by atoms with van der Waals surface area (Å²) in [6.07, 6.45) is 6.13. The second-order valence-electron chi connectivity index (χ2n) is 6.69. The first-order valence-electron chi connectivity index (χ1n) is 9.31. The van der Waals surface area contributed by atoms with Crippen molar-refractivity contribution in [2.24, 2.45) is 4.99 Å². The number of nitrogens with zero attached hydrogens (tertiary/aromatic N) is 2. The molecule has 0 aliphatic rings. The van der Waals surface area contributed by atoms with Gasteiger partial charge in [0.25, 0.3) is 0 Å². The monoisotopic (exact) mass is 346 g/mol. The number of rotatable bonds is 10. The Kier molecular flexibility index (Phi) is 10.4. The van der Waals surface area contributed by atoms with Gasteiger partial charge in [0.05, 0.1) is 13.1 Å². The first-order valence-corrected chi connectivity index (χ1v) is 9.31. The fraction of sp³-hybridized carbons (Fsp3) is 0.600. The van der Waals surface area contributed by atoms with Crippen molar-refractivity contribution >= 4 is 11.9 Å². The summed E-state index contributed by atoms with van der Waals surface area (Å²) >= 11 is 0. The molecule has 1 atom stereocenters. The lowest BCUT2D eigenvalue weighted by atomic mass is 10.1. The molecular weight excluding hydrogens is 312 g/mol. The number of nitrogens with one attached hydrogen (secondary N) is 2. The molecule has 0 radical (unpaired) electrons. The molecule has 0 saturated carbocycles. The Labute approximate surface area is 152 Å². The van der Waals surface area contributed by atoms with Gasteiger partial charge in [-0.2, -0.15) is 0 Å². The van der Waals surface area contributed by atoms with Gasteiger partial charge in [0.15, 0.2) is 5.96 Å². The predicted octanol–water partition coefficient (Wildman–Crippen LogP) is 3.17. The Morgan fingerprint density at radius 2 is 1.88 bits per heavy atom. The maximum atomic E-state index is 11.8. The Hall–Kier alpha value is -2.04. The van der Waals surface area contributed by atoms with Crippen LogP contribution >= 0.6 is 0 Å². The zero-order valence-corrected chi connectivity index (χ0v) is 16.2. The van der Waals surface area contributed by atoms with Crippen LogP contribution < -0.4 is 10.6 Å². The molecule has 1 rings (SSSR count). The van der Waals surface area contributed by atoms with Gasteiger partial charge in [0.2, 0.25) is 5.91 Å². The molecule has 1 aromatic carbocycles. The van der Waals surface area contributed by atoms with Crippen LogP contribution in [0.4, 0.5) is 0 Å². The molecule has 5 nitrogen and oxygen atoms in total. The highest BCUT2D eigenvalue weighted by Gasteiger charge is 2.09. The number of benzene rings is 1. The van der Waals surface area contributed by atoms with Crippen LogP contribution in [0.2, 0.25) is 0 Å². The highest BCUT2D eigenvalue weighted by molar-refractivity contribution is 5.86. The second kappa shape index (κ2) is 12.3. The van der Waals surface area contributed by atoms with E-state index in [0.717, 1.165) is 12.0 Å². The molecular formula is C20H34N4O. The molecule has 1 unspecified atom stereocenters. The Morgan fingerprint density at radius 3 is 2.52 bits per heavy atom. The summed E-state index contributed by atoms with van der Waals surface area (Å²) in [5, 5.41) is 6.58. The van der Waals surface area contributed by atoms with E-state index in [2.05, 4.69) is 41.6 Å². The standard InChI is InChI=1S/C20H34N4O/c1-5-6-7-9-12-17(2)23-20(22-16-19(25)24(3)4)21-15-18-13-10-8-11-14-18/h8,10-11,13-14,17H,5-7,9,12,15-16H2,1-4H3,(H2,21,22,23). The average molecular weight is 347 g/mol. The number of hydrogen-bond donors (Lipinski definition) is 2. The average Bonchev–Trinajstić information content (AvgIpc) is 2.61. The number of likely N-dealkylation sites (N-methyl/N-ethyl adjacent to an activating group) is 1. The first kappa shape index (κ1) is 21.0. The van der Waals surface area contributed by atoms with Gasteiger partial charge in [0.1, 0.15) is 0 Å². The van der Waals surface area contributed by atoms with E-state index in [4.69, 9.17) is 0 Å². The van der Waals surface area contributed by atoms with Crippen molar-refractivity contribution in [2.45, 2.75) is 58.5 Å². The van der Waals surface area contributed by atoms with Crippen molar-refractivity contribution in [3.63, 3.8) is 0 Å². The van der Waals surface area contributed by atoms with Gasteiger partial charge in [-0.3, -0.25) is 4.79 Å². The molecule has 1 amide bonds. The third-order valence-electron chi connectivity index (χ3n) is 4.04. The summed E-state index contributed by atoms with van der Waals surface area (Å²) in [5.41, 5.74) is 1.15. The zero-order chi connectivity index (χ0) is 18.5. The number of amides is 1. The van der Waals surface area contributed by atoms with E-state index in [0.29, 0.717) is 18.5 Å². The van der Waals surface area contributed by atoms with Crippen molar-refractivity contribution in [1.29, 1.82) is 0 Å². The Balaban J connectivity index is 2.58. The Morgan fingerprint density at radius 1 is 1.16 bits per heavy atom. The number of unbranched alkanes of at least 4 members (excludes halogenated alkanes) is 3. The van der Waals surface area contributed by atoms with Crippen molar-refractivity contribution in [1.82, 2.24) is 15.5 Å². The second-order valence-corrected chi connectivity index (χ2v) is 6.69. The Bertz CT molecular complexity index is 514. The molecule has 0 fully saturated rings. The SMILES string of the molecule is CCCCCCC(C)NC(=NCc1ccccc1)NCC(=O)N(C)C. The fourth-order valence-electron chi connectivity index (χ4n) is 2.41. The molecule has 0 aliphatic heterocycles. The zero-order valence-electron chi connectivity index (χ0n) is 16.2. The number of carbonyl (C=O) groups excluding carboxylic acids is 1. The summed E-state index contributed by atoms with van der Waals surface area (Å²) in [4.78, 5) is 18.0. The first-order chi connectivity index (χ1) is 12.0. The maximum absolute atomic E-state index is 11.8. The minimum absolute atomic E-state index is 0.0322. The lowest BCUT2D eigenvalue weighted by Crippen LogP contribution is -2.46. The normalized spacial score (nSPS) is 12.6. The van der Waals surface area contributed by atoms with Crippen molar-refractivity contribution < 1.29 is 4.79 Å². The smallest absolute Gasteiger partial charge is 0.241 e. The van der Waals surface area contributed by atoms with Crippen molar-refractivity contribution in [3.05, 3.63) is 35.9 Å². The van der Waals surface area contributed by atoms with E-state index >= 15 is 0 Å². The molecule has 1 aromatic rings. The van der Waals surface area contributed by atoms with E-state index in [9.17, 15) is 4.79 Å². The quantitative estimate of drug-likeness (QED) is 0.389. The molecule has 5 heteroatoms. The summed E-state index contributed by atoms with van der Waals surface area (Å²) in [6.45, 7) is 5.23. The largest absolute Gasteiger partial charge is 0.354 e. The topological polar surface area (TPSA) is 56.7 Å². The van der Waals surface area contributed by atoms with Crippen LogP contribution in [0, 0.1) is 0 Å². The number of aliphatic imine (C=N–C) groups is 1. The molecule has 0 bridgehead atoms. The van der Waals surface area contributed by atoms with Crippen LogP contribution in [0.1, 0.15) is 51.5 Å². The molecule has 0 heterocycles. The van der Waals surface area contributed by atoms with E-state index < -0.39 is 0 Å². The number of carbonyl (C=O) groups is 1. The molecule has 140 valence electrons. The van der Waals surface area contributed by atoms with E-state index in [1.807, 2.05) is 18.2 Å². The van der Waals surface area contributed by atoms with Gasteiger partial charge in [0, 0.05) is 20.1 Å². The molecule has 25 heavy (non-hydrogen) atoms. The maximum Gasteiger partial charge on any atom is 0.241 e. The highest BCUT2D eigenvalue weighted by atomic mass is 16.2. The molecule has 2 N–H and O–H groups in total. The van der Waals surface area contributed by atoms with Crippen LogP contribution in [0.25, 0.3) is 0 Å². The third kappa shape index (κ3) is 9.75. The van der Waals surface area contributed by atoms with Gasteiger partial charge < -0.3 is 15.5 Å². The predicted molar refractivity (Wildman–Crippen MR) is 106 cm³/mol. The fourth-order valence-corrected chi connectivity index (χ4v) is 2.41. The summed E-state index contributed by atoms with van der Waals surface area (Å²) in [7, 11) is 3.52. The van der Waals surface area contributed by atoms with Crippen molar-refractivity contribution in [2.75, 3.05) is 20.6 Å². The van der Waals surface area contributed by atoms with Crippen LogP contribution in [0.5, 0.6) is 0 Å². The van der Waals surface area contributed by atoms with Gasteiger partial charge in [-0.1, -0.05) is 62.9 Å².